The molecule has 4 unspecified atom stereocenters. The summed E-state index contributed by atoms with van der Waals surface area (Å²) in [7, 11) is 1.40. The summed E-state index contributed by atoms with van der Waals surface area (Å²) in [6.07, 6.45) is 10.9. The van der Waals surface area contributed by atoms with E-state index in [1.165, 1.54) is 14.0 Å². The largest absolute Gasteiger partial charge is 0.469 e. The third-order valence-electron chi connectivity index (χ3n) is 6.43. The lowest BCUT2D eigenvalue weighted by molar-refractivity contribution is -0.147. The average Bonchev–Trinajstić information content (AvgIpc) is 3.07. The highest BCUT2D eigenvalue weighted by Gasteiger charge is 2.41. The predicted molar refractivity (Wildman–Crippen MR) is 131 cm³/mol. The van der Waals surface area contributed by atoms with Gasteiger partial charge < -0.3 is 14.6 Å². The Bertz CT molecular complexity index is 760. The SMILES string of the molecule is CCCCCC(OC(C)=O)c1ccc(C2C(O)CC(Cl)[C@@H]2C/C=C\CCCC(=O)OC)cc1. The molecule has 5 nitrogen and oxygen atoms in total. The minimum Gasteiger partial charge on any atom is -0.469 e. The molecule has 1 fully saturated rings. The lowest BCUT2D eigenvalue weighted by Crippen LogP contribution is -2.18. The van der Waals surface area contributed by atoms with Gasteiger partial charge in [-0.25, -0.2) is 0 Å². The predicted octanol–water partition coefficient (Wildman–Crippen LogP) is 6.23. The molecule has 1 aliphatic rings. The summed E-state index contributed by atoms with van der Waals surface area (Å²) in [6.45, 7) is 3.60. The minimum absolute atomic E-state index is 0.0338. The number of ether oxygens (including phenoxy) is 2. The van der Waals surface area contributed by atoms with Crippen molar-refractivity contribution < 1.29 is 24.2 Å². The molecule has 0 aliphatic heterocycles. The zero-order chi connectivity index (χ0) is 24.2. The molecule has 184 valence electrons. The number of benzene rings is 1. The lowest BCUT2D eigenvalue weighted by atomic mass is 9.84. The van der Waals surface area contributed by atoms with Gasteiger partial charge in [0.05, 0.1) is 13.2 Å². The Morgan fingerprint density at radius 1 is 1.18 bits per heavy atom. The van der Waals surface area contributed by atoms with Crippen molar-refractivity contribution in [3.8, 4) is 0 Å². The van der Waals surface area contributed by atoms with Gasteiger partial charge in [-0.2, -0.15) is 0 Å². The van der Waals surface area contributed by atoms with Crippen LogP contribution in [0.25, 0.3) is 0 Å². The fraction of sp³-hybridized carbons (Fsp3) is 0.630. The summed E-state index contributed by atoms with van der Waals surface area (Å²) in [5.74, 6) is -0.352. The van der Waals surface area contributed by atoms with Crippen LogP contribution >= 0.6 is 11.6 Å². The molecule has 1 saturated carbocycles. The van der Waals surface area contributed by atoms with Gasteiger partial charge in [0.15, 0.2) is 0 Å². The van der Waals surface area contributed by atoms with E-state index >= 15 is 0 Å². The van der Waals surface area contributed by atoms with Crippen LogP contribution in [0.1, 0.15) is 94.8 Å². The van der Waals surface area contributed by atoms with E-state index < -0.39 is 6.10 Å². The number of allylic oxidation sites excluding steroid dienone is 2. The molecule has 0 bridgehead atoms. The minimum atomic E-state index is -0.482. The van der Waals surface area contributed by atoms with Crippen LogP contribution in [0.2, 0.25) is 0 Å². The Morgan fingerprint density at radius 2 is 1.91 bits per heavy atom. The van der Waals surface area contributed by atoms with Crippen LogP contribution in [0.15, 0.2) is 36.4 Å². The monoisotopic (exact) mass is 478 g/mol. The molecule has 1 N–H and O–H groups in total. The fourth-order valence-corrected chi connectivity index (χ4v) is 5.11. The van der Waals surface area contributed by atoms with E-state index in [2.05, 4.69) is 23.8 Å². The van der Waals surface area contributed by atoms with Crippen LogP contribution in [0.5, 0.6) is 0 Å². The highest BCUT2D eigenvalue weighted by Crippen LogP contribution is 2.45. The van der Waals surface area contributed by atoms with E-state index in [-0.39, 0.29) is 35.3 Å². The lowest BCUT2D eigenvalue weighted by Gasteiger charge is -2.24. The highest BCUT2D eigenvalue weighted by molar-refractivity contribution is 6.21. The Morgan fingerprint density at radius 3 is 2.55 bits per heavy atom. The van der Waals surface area contributed by atoms with E-state index in [9.17, 15) is 14.7 Å². The van der Waals surface area contributed by atoms with Crippen molar-refractivity contribution in [3.63, 3.8) is 0 Å². The number of halogens is 1. The smallest absolute Gasteiger partial charge is 0.305 e. The van der Waals surface area contributed by atoms with Crippen LogP contribution in [0.3, 0.4) is 0 Å². The zero-order valence-corrected chi connectivity index (χ0v) is 20.9. The van der Waals surface area contributed by atoms with Gasteiger partial charge in [0, 0.05) is 24.6 Å². The first-order chi connectivity index (χ1) is 15.9. The van der Waals surface area contributed by atoms with Crippen LogP contribution in [0.4, 0.5) is 0 Å². The maximum atomic E-state index is 11.6. The second-order valence-corrected chi connectivity index (χ2v) is 9.51. The first-order valence-corrected chi connectivity index (χ1v) is 12.6. The number of hydrogen-bond donors (Lipinski definition) is 1. The number of methoxy groups -OCH3 is 1. The number of esters is 2. The molecule has 5 atom stereocenters. The Kier molecular flexibility index (Phi) is 12.0. The molecule has 6 heteroatoms. The summed E-state index contributed by atoms with van der Waals surface area (Å²) in [5.41, 5.74) is 2.05. The fourth-order valence-electron chi connectivity index (χ4n) is 4.67. The van der Waals surface area contributed by atoms with Crippen molar-refractivity contribution in [2.24, 2.45) is 5.92 Å². The zero-order valence-electron chi connectivity index (χ0n) is 20.2. The van der Waals surface area contributed by atoms with Gasteiger partial charge in [-0.05, 0) is 55.6 Å². The second kappa shape index (κ2) is 14.4. The average molecular weight is 479 g/mol. The van der Waals surface area contributed by atoms with E-state index in [1.54, 1.807) is 0 Å². The molecule has 1 aromatic rings. The normalized spacial score (nSPS) is 23.5. The molecule has 0 aromatic heterocycles. The molecule has 1 aromatic carbocycles. The molecular formula is C27H39ClO5. The van der Waals surface area contributed by atoms with Crippen LogP contribution in [0, 0.1) is 5.92 Å². The van der Waals surface area contributed by atoms with Crippen LogP contribution < -0.4 is 0 Å². The van der Waals surface area contributed by atoms with Gasteiger partial charge in [-0.3, -0.25) is 9.59 Å². The van der Waals surface area contributed by atoms with Gasteiger partial charge in [-0.15, -0.1) is 11.6 Å². The van der Waals surface area contributed by atoms with Crippen molar-refractivity contribution in [1.29, 1.82) is 0 Å². The van der Waals surface area contributed by atoms with Crippen LogP contribution in [-0.2, 0) is 19.1 Å². The van der Waals surface area contributed by atoms with E-state index in [0.717, 1.165) is 56.1 Å². The number of carbonyl (C=O) groups is 2. The maximum Gasteiger partial charge on any atom is 0.305 e. The van der Waals surface area contributed by atoms with Gasteiger partial charge in [0.2, 0.25) is 0 Å². The van der Waals surface area contributed by atoms with Gasteiger partial charge in [0.25, 0.3) is 0 Å². The standard InChI is InChI=1S/C27H39ClO5/c1-4-5-8-12-25(33-19(2)29)20-14-16-21(17-15-20)27-22(23(28)18-24(27)30)11-9-6-7-10-13-26(31)32-3/h6,9,14-17,22-25,27,30H,4-5,7-8,10-13,18H2,1-3H3/b9-6-/t22-,23?,24?,25?,27?/m0/s1. The van der Waals surface area contributed by atoms with Crippen molar-refractivity contribution in [1.82, 2.24) is 0 Å². The maximum absolute atomic E-state index is 11.6. The summed E-state index contributed by atoms with van der Waals surface area (Å²) in [5, 5.41) is 10.6. The molecule has 1 aliphatic carbocycles. The topological polar surface area (TPSA) is 72.8 Å². The second-order valence-electron chi connectivity index (χ2n) is 8.94. The number of rotatable bonds is 13. The molecule has 0 heterocycles. The number of alkyl halides is 1. The van der Waals surface area contributed by atoms with E-state index in [0.29, 0.717) is 12.8 Å². The van der Waals surface area contributed by atoms with Crippen molar-refractivity contribution >= 4 is 23.5 Å². The van der Waals surface area contributed by atoms with Gasteiger partial charge >= 0.3 is 11.9 Å². The van der Waals surface area contributed by atoms with Crippen molar-refractivity contribution in [2.45, 2.75) is 95.1 Å². The highest BCUT2D eigenvalue weighted by atomic mass is 35.5. The molecule has 2 rings (SSSR count). The Labute approximate surface area is 203 Å². The van der Waals surface area contributed by atoms with E-state index in [1.807, 2.05) is 24.3 Å². The number of carbonyl (C=O) groups excluding carboxylic acids is 2. The molecule has 33 heavy (non-hydrogen) atoms. The first-order valence-electron chi connectivity index (χ1n) is 12.2. The quantitative estimate of drug-likeness (QED) is 0.157. The Hall–Kier alpha value is -1.85. The molecule has 0 amide bonds. The Balaban J connectivity index is 2.03. The number of aliphatic hydroxyl groups excluding tert-OH is 1. The summed E-state index contributed by atoms with van der Waals surface area (Å²) >= 11 is 6.62. The number of unbranched alkanes of at least 4 members (excludes halogenated alkanes) is 3. The number of hydrogen-bond acceptors (Lipinski definition) is 5. The number of aliphatic hydroxyl groups is 1. The molecular weight excluding hydrogens is 440 g/mol. The third kappa shape index (κ3) is 8.78. The third-order valence-corrected chi connectivity index (χ3v) is 6.93. The van der Waals surface area contributed by atoms with Crippen molar-refractivity contribution in [3.05, 3.63) is 47.5 Å². The summed E-state index contributed by atoms with van der Waals surface area (Å²) in [6, 6.07) is 8.12. The summed E-state index contributed by atoms with van der Waals surface area (Å²) in [4.78, 5) is 22.8. The summed E-state index contributed by atoms with van der Waals surface area (Å²) < 4.78 is 10.2. The van der Waals surface area contributed by atoms with Crippen LogP contribution in [-0.4, -0.2) is 35.6 Å². The van der Waals surface area contributed by atoms with E-state index in [4.69, 9.17) is 16.3 Å². The first kappa shape index (κ1) is 27.4. The van der Waals surface area contributed by atoms with Gasteiger partial charge in [0.1, 0.15) is 6.10 Å². The molecule has 0 radical (unpaired) electrons. The van der Waals surface area contributed by atoms with Gasteiger partial charge in [-0.1, -0.05) is 56.2 Å². The molecule has 0 spiro atoms. The molecule has 0 saturated heterocycles. The van der Waals surface area contributed by atoms with Crippen molar-refractivity contribution in [2.75, 3.05) is 7.11 Å².